The molecule has 0 bridgehead atoms. The number of likely N-dealkylation sites (tertiary alicyclic amines) is 1. The van der Waals surface area contributed by atoms with E-state index in [-0.39, 0.29) is 30.6 Å². The Morgan fingerprint density at radius 3 is 2.61 bits per heavy atom. The number of carbonyl (C=O) groups excluding carboxylic acids is 1. The summed E-state index contributed by atoms with van der Waals surface area (Å²) in [5, 5.41) is 8.69. The van der Waals surface area contributed by atoms with Crippen LogP contribution in [0.4, 0.5) is 0 Å². The first-order valence-electron chi connectivity index (χ1n) is 6.87. The first-order chi connectivity index (χ1) is 8.60. The molecule has 0 aliphatic carbocycles. The van der Waals surface area contributed by atoms with Crippen molar-refractivity contribution in [1.82, 2.24) is 4.90 Å². The largest absolute Gasteiger partial charge is 0.394 e. The SMILES string of the molecule is CC[C@H](C)[C@H](N)C(=O)N1CCC(OCCO)CC1. The van der Waals surface area contributed by atoms with Crippen molar-refractivity contribution in [3.05, 3.63) is 0 Å². The Balaban J connectivity index is 2.35. The minimum atomic E-state index is -0.384. The summed E-state index contributed by atoms with van der Waals surface area (Å²) in [6.45, 7) is 5.91. The molecule has 106 valence electrons. The topological polar surface area (TPSA) is 75.8 Å². The summed E-state index contributed by atoms with van der Waals surface area (Å²) >= 11 is 0. The van der Waals surface area contributed by atoms with E-state index in [0.29, 0.717) is 19.7 Å². The highest BCUT2D eigenvalue weighted by Crippen LogP contribution is 2.16. The first-order valence-corrected chi connectivity index (χ1v) is 6.87. The van der Waals surface area contributed by atoms with Gasteiger partial charge in [0, 0.05) is 13.1 Å². The van der Waals surface area contributed by atoms with Crippen molar-refractivity contribution in [1.29, 1.82) is 0 Å². The molecule has 1 saturated heterocycles. The van der Waals surface area contributed by atoms with Crippen molar-refractivity contribution in [2.45, 2.75) is 45.3 Å². The third-order valence-corrected chi connectivity index (χ3v) is 3.74. The molecule has 1 rings (SSSR count). The summed E-state index contributed by atoms with van der Waals surface area (Å²) in [6, 6.07) is -0.384. The van der Waals surface area contributed by atoms with Crippen LogP contribution in [0.15, 0.2) is 0 Å². The lowest BCUT2D eigenvalue weighted by molar-refractivity contribution is -0.136. The molecule has 1 aliphatic rings. The monoisotopic (exact) mass is 258 g/mol. The van der Waals surface area contributed by atoms with Crippen LogP contribution < -0.4 is 5.73 Å². The minimum Gasteiger partial charge on any atom is -0.394 e. The van der Waals surface area contributed by atoms with Crippen LogP contribution in [0.5, 0.6) is 0 Å². The zero-order valence-electron chi connectivity index (χ0n) is 11.5. The van der Waals surface area contributed by atoms with Crippen LogP contribution in [0.2, 0.25) is 0 Å². The molecular formula is C13H26N2O3. The third-order valence-electron chi connectivity index (χ3n) is 3.74. The zero-order valence-corrected chi connectivity index (χ0v) is 11.5. The van der Waals surface area contributed by atoms with E-state index < -0.39 is 0 Å². The summed E-state index contributed by atoms with van der Waals surface area (Å²) in [4.78, 5) is 14.0. The lowest BCUT2D eigenvalue weighted by Crippen LogP contribution is -2.50. The average Bonchev–Trinajstić information content (AvgIpc) is 2.43. The normalized spacial score (nSPS) is 20.8. The lowest BCUT2D eigenvalue weighted by atomic mass is 9.97. The fraction of sp³-hybridized carbons (Fsp3) is 0.923. The number of carbonyl (C=O) groups is 1. The lowest BCUT2D eigenvalue weighted by Gasteiger charge is -2.34. The number of hydrogen-bond donors (Lipinski definition) is 2. The standard InChI is InChI=1S/C13H26N2O3/c1-3-10(2)12(14)13(17)15-6-4-11(5-7-15)18-9-8-16/h10-12,16H,3-9,14H2,1-2H3/t10-,12-/m0/s1. The highest BCUT2D eigenvalue weighted by Gasteiger charge is 2.28. The average molecular weight is 258 g/mol. The predicted octanol–water partition coefficient (Wildman–Crippen LogP) is 0.360. The molecule has 1 aliphatic heterocycles. The maximum Gasteiger partial charge on any atom is 0.239 e. The fourth-order valence-electron chi connectivity index (χ4n) is 2.17. The highest BCUT2D eigenvalue weighted by atomic mass is 16.5. The number of nitrogens with two attached hydrogens (primary N) is 1. The molecule has 0 unspecified atom stereocenters. The van der Waals surface area contributed by atoms with Gasteiger partial charge in [0.25, 0.3) is 0 Å². The predicted molar refractivity (Wildman–Crippen MR) is 70.1 cm³/mol. The Hall–Kier alpha value is -0.650. The van der Waals surface area contributed by atoms with Crippen molar-refractivity contribution in [2.24, 2.45) is 11.7 Å². The molecule has 3 N–H and O–H groups in total. The van der Waals surface area contributed by atoms with Gasteiger partial charge in [0.2, 0.25) is 5.91 Å². The number of nitrogens with zero attached hydrogens (tertiary/aromatic N) is 1. The second-order valence-electron chi connectivity index (χ2n) is 5.03. The summed E-state index contributed by atoms with van der Waals surface area (Å²) in [5.41, 5.74) is 5.96. The van der Waals surface area contributed by atoms with E-state index in [9.17, 15) is 4.79 Å². The van der Waals surface area contributed by atoms with Crippen LogP contribution >= 0.6 is 0 Å². The van der Waals surface area contributed by atoms with E-state index in [0.717, 1.165) is 19.3 Å². The molecule has 1 fully saturated rings. The molecule has 0 aromatic carbocycles. The second-order valence-corrected chi connectivity index (χ2v) is 5.03. The van der Waals surface area contributed by atoms with E-state index in [2.05, 4.69) is 0 Å². The summed E-state index contributed by atoms with van der Waals surface area (Å²) < 4.78 is 5.47. The van der Waals surface area contributed by atoms with E-state index in [1.54, 1.807) is 0 Å². The molecule has 1 heterocycles. The first kappa shape index (κ1) is 15.4. The van der Waals surface area contributed by atoms with E-state index >= 15 is 0 Å². The maximum atomic E-state index is 12.1. The highest BCUT2D eigenvalue weighted by molar-refractivity contribution is 5.82. The molecule has 2 atom stereocenters. The van der Waals surface area contributed by atoms with Gasteiger partial charge in [0.1, 0.15) is 0 Å². The molecule has 0 spiro atoms. The molecule has 1 amide bonds. The van der Waals surface area contributed by atoms with Crippen LogP contribution in [-0.4, -0.2) is 54.4 Å². The molecule has 0 radical (unpaired) electrons. The zero-order chi connectivity index (χ0) is 13.5. The Morgan fingerprint density at radius 1 is 1.50 bits per heavy atom. The van der Waals surface area contributed by atoms with Gasteiger partial charge < -0.3 is 20.5 Å². The summed E-state index contributed by atoms with van der Waals surface area (Å²) in [7, 11) is 0. The molecule has 0 aromatic rings. The maximum absolute atomic E-state index is 12.1. The second kappa shape index (κ2) is 7.71. The van der Waals surface area contributed by atoms with Gasteiger partial charge in [-0.15, -0.1) is 0 Å². The van der Waals surface area contributed by atoms with Gasteiger partial charge in [0.15, 0.2) is 0 Å². The number of piperidine rings is 1. The molecule has 5 nitrogen and oxygen atoms in total. The van der Waals surface area contributed by atoms with Gasteiger partial charge in [-0.05, 0) is 18.8 Å². The van der Waals surface area contributed by atoms with Crippen LogP contribution in [-0.2, 0) is 9.53 Å². The quantitative estimate of drug-likeness (QED) is 0.721. The van der Waals surface area contributed by atoms with Gasteiger partial charge in [-0.25, -0.2) is 0 Å². The number of hydrogen-bond acceptors (Lipinski definition) is 4. The third kappa shape index (κ3) is 4.23. The molecular weight excluding hydrogens is 232 g/mol. The van der Waals surface area contributed by atoms with Crippen molar-refractivity contribution in [3.63, 3.8) is 0 Å². The van der Waals surface area contributed by atoms with Gasteiger partial charge in [-0.1, -0.05) is 20.3 Å². The van der Waals surface area contributed by atoms with Gasteiger partial charge >= 0.3 is 0 Å². The summed E-state index contributed by atoms with van der Waals surface area (Å²) in [6.07, 6.45) is 2.75. The Morgan fingerprint density at radius 2 is 2.11 bits per heavy atom. The number of rotatable bonds is 6. The fourth-order valence-corrected chi connectivity index (χ4v) is 2.17. The molecule has 5 heteroatoms. The van der Waals surface area contributed by atoms with E-state index in [1.807, 2.05) is 18.7 Å². The number of ether oxygens (including phenoxy) is 1. The number of amides is 1. The van der Waals surface area contributed by atoms with Crippen molar-refractivity contribution in [2.75, 3.05) is 26.3 Å². The summed E-state index contributed by atoms with van der Waals surface area (Å²) in [5.74, 6) is 0.283. The van der Waals surface area contributed by atoms with E-state index in [1.165, 1.54) is 0 Å². The molecule has 18 heavy (non-hydrogen) atoms. The Labute approximate surface area is 109 Å². The number of aliphatic hydroxyl groups excluding tert-OH is 1. The Kier molecular flexibility index (Phi) is 6.60. The minimum absolute atomic E-state index is 0.0536. The van der Waals surface area contributed by atoms with Crippen LogP contribution in [0, 0.1) is 5.92 Å². The van der Waals surface area contributed by atoms with Gasteiger partial charge in [0.05, 0.1) is 25.4 Å². The van der Waals surface area contributed by atoms with Crippen molar-refractivity contribution in [3.8, 4) is 0 Å². The van der Waals surface area contributed by atoms with Crippen LogP contribution in [0.1, 0.15) is 33.1 Å². The van der Waals surface area contributed by atoms with Gasteiger partial charge in [-0.3, -0.25) is 4.79 Å². The van der Waals surface area contributed by atoms with E-state index in [4.69, 9.17) is 15.6 Å². The molecule has 0 aromatic heterocycles. The number of aliphatic hydroxyl groups is 1. The molecule has 0 saturated carbocycles. The smallest absolute Gasteiger partial charge is 0.239 e. The Bertz CT molecular complexity index is 253. The van der Waals surface area contributed by atoms with Crippen LogP contribution in [0.25, 0.3) is 0 Å². The van der Waals surface area contributed by atoms with Crippen LogP contribution in [0.3, 0.4) is 0 Å². The van der Waals surface area contributed by atoms with Crippen molar-refractivity contribution >= 4 is 5.91 Å². The van der Waals surface area contributed by atoms with Crippen molar-refractivity contribution < 1.29 is 14.6 Å². The van der Waals surface area contributed by atoms with Gasteiger partial charge in [-0.2, -0.15) is 0 Å².